The van der Waals surface area contributed by atoms with E-state index in [1.165, 1.54) is 20.6 Å². The summed E-state index contributed by atoms with van der Waals surface area (Å²) < 4.78 is 21.7. The van der Waals surface area contributed by atoms with E-state index >= 15 is 0 Å². The maximum absolute atomic E-state index is 12.0. The second kappa shape index (κ2) is 5.57. The third-order valence-corrected chi connectivity index (χ3v) is 4.81. The van der Waals surface area contributed by atoms with Crippen molar-refractivity contribution in [3.8, 4) is 0 Å². The third kappa shape index (κ3) is 2.76. The molecule has 0 heterocycles. The van der Waals surface area contributed by atoms with Gasteiger partial charge in [0.25, 0.3) is 0 Å². The lowest BCUT2D eigenvalue weighted by molar-refractivity contribution is -0.0121. The van der Waals surface area contributed by atoms with E-state index < -0.39 is 7.60 Å². The molecule has 1 aliphatic rings. The maximum atomic E-state index is 12.0. The standard InChI is InChI=1S/C9H17N2O3P/c1-13-15(12,14-2)9(11-10)8-6-4-3-5-7-8/h8H,3-7H2,1-2H3. The van der Waals surface area contributed by atoms with Crippen molar-refractivity contribution in [2.24, 2.45) is 5.92 Å². The molecular weight excluding hydrogens is 215 g/mol. The second-order valence-electron chi connectivity index (χ2n) is 3.66. The SMILES string of the molecule is COP(=O)(OC)C(=[N+]=[N-])C1CCCCC1. The number of hydrogen-bond acceptors (Lipinski definition) is 3. The van der Waals surface area contributed by atoms with Gasteiger partial charge in [-0.1, -0.05) is 19.3 Å². The van der Waals surface area contributed by atoms with Gasteiger partial charge in [0.05, 0.1) is 5.92 Å². The summed E-state index contributed by atoms with van der Waals surface area (Å²) in [5.41, 5.74) is 9.11. The van der Waals surface area contributed by atoms with Crippen LogP contribution in [0.15, 0.2) is 0 Å². The predicted molar refractivity (Wildman–Crippen MR) is 56.8 cm³/mol. The van der Waals surface area contributed by atoms with Crippen LogP contribution in [0, 0.1) is 5.92 Å². The summed E-state index contributed by atoms with van der Waals surface area (Å²) in [4.78, 5) is 3.13. The van der Waals surface area contributed by atoms with Crippen molar-refractivity contribution in [1.82, 2.24) is 0 Å². The molecule has 0 saturated heterocycles. The minimum Gasteiger partial charge on any atom is -0.361 e. The topological polar surface area (TPSA) is 71.9 Å². The Hall–Kier alpha value is -0.470. The van der Waals surface area contributed by atoms with E-state index in [1.807, 2.05) is 0 Å². The highest BCUT2D eigenvalue weighted by molar-refractivity contribution is 7.71. The van der Waals surface area contributed by atoms with Crippen molar-refractivity contribution in [2.45, 2.75) is 32.1 Å². The van der Waals surface area contributed by atoms with Crippen LogP contribution in [0.1, 0.15) is 32.1 Å². The summed E-state index contributed by atoms with van der Waals surface area (Å²) >= 11 is 0. The van der Waals surface area contributed by atoms with E-state index in [9.17, 15) is 4.57 Å². The molecule has 0 amide bonds. The molecule has 1 saturated carbocycles. The fourth-order valence-corrected chi connectivity index (χ4v) is 3.32. The molecule has 0 radical (unpaired) electrons. The van der Waals surface area contributed by atoms with Gasteiger partial charge in [-0.3, -0.25) is 0 Å². The van der Waals surface area contributed by atoms with Gasteiger partial charge in [-0.05, 0) is 12.8 Å². The summed E-state index contributed by atoms with van der Waals surface area (Å²) in [6.07, 6.45) is 5.08. The first-order valence-corrected chi connectivity index (χ1v) is 6.66. The zero-order valence-corrected chi connectivity index (χ0v) is 10.1. The van der Waals surface area contributed by atoms with Crippen molar-refractivity contribution < 1.29 is 18.4 Å². The molecule has 0 N–H and O–H groups in total. The average Bonchev–Trinajstić information content (AvgIpc) is 2.31. The fourth-order valence-electron chi connectivity index (χ4n) is 1.98. The van der Waals surface area contributed by atoms with E-state index in [2.05, 4.69) is 4.79 Å². The lowest BCUT2D eigenvalue weighted by Crippen LogP contribution is -2.20. The lowest BCUT2D eigenvalue weighted by Gasteiger charge is -2.20. The predicted octanol–water partition coefficient (Wildman–Crippen LogP) is 2.68. The van der Waals surface area contributed by atoms with Crippen molar-refractivity contribution in [3.63, 3.8) is 0 Å². The molecule has 0 aromatic rings. The van der Waals surface area contributed by atoms with E-state index in [0.29, 0.717) is 0 Å². The number of nitrogens with zero attached hydrogens (tertiary/aromatic N) is 2. The molecule has 0 aromatic carbocycles. The highest BCUT2D eigenvalue weighted by Gasteiger charge is 2.44. The zero-order chi connectivity index (χ0) is 11.3. The number of rotatable bonds is 4. The van der Waals surface area contributed by atoms with Crippen molar-refractivity contribution >= 4 is 13.0 Å². The van der Waals surface area contributed by atoms with Crippen LogP contribution in [0.4, 0.5) is 0 Å². The Balaban J connectivity index is 2.87. The van der Waals surface area contributed by atoms with E-state index in [-0.39, 0.29) is 11.4 Å². The van der Waals surface area contributed by atoms with Crippen LogP contribution in [-0.2, 0) is 13.6 Å². The molecule has 0 aromatic heterocycles. The van der Waals surface area contributed by atoms with E-state index in [4.69, 9.17) is 14.6 Å². The van der Waals surface area contributed by atoms with Crippen LogP contribution >= 0.6 is 7.60 Å². The van der Waals surface area contributed by atoms with Gasteiger partial charge in [0, 0.05) is 14.2 Å². The molecule has 0 bridgehead atoms. The summed E-state index contributed by atoms with van der Waals surface area (Å²) in [5, 5.41) is 0. The smallest absolute Gasteiger partial charge is 0.361 e. The van der Waals surface area contributed by atoms with Gasteiger partial charge in [-0.25, -0.2) is 4.57 Å². The van der Waals surface area contributed by atoms with Crippen LogP contribution in [0.25, 0.3) is 5.53 Å². The molecule has 15 heavy (non-hydrogen) atoms. The Morgan fingerprint density at radius 2 is 1.80 bits per heavy atom. The molecule has 1 rings (SSSR count). The van der Waals surface area contributed by atoms with E-state index in [0.717, 1.165) is 25.7 Å². The summed E-state index contributed by atoms with van der Waals surface area (Å²) in [6.45, 7) is 0. The summed E-state index contributed by atoms with van der Waals surface area (Å²) in [5.74, 6) is 0.0227. The van der Waals surface area contributed by atoms with Gasteiger partial charge in [-0.15, -0.1) is 0 Å². The van der Waals surface area contributed by atoms with Gasteiger partial charge < -0.3 is 14.6 Å². The van der Waals surface area contributed by atoms with Crippen molar-refractivity contribution in [1.29, 1.82) is 0 Å². The van der Waals surface area contributed by atoms with Gasteiger partial charge >= 0.3 is 13.0 Å². The second-order valence-corrected chi connectivity index (χ2v) is 5.84. The lowest BCUT2D eigenvalue weighted by atomic mass is 9.90. The molecule has 0 aliphatic heterocycles. The quantitative estimate of drug-likeness (QED) is 0.324. The fraction of sp³-hybridized carbons (Fsp3) is 0.889. The minimum absolute atomic E-state index is 0.0227. The van der Waals surface area contributed by atoms with Crippen LogP contribution in [0.2, 0.25) is 0 Å². The zero-order valence-electron chi connectivity index (χ0n) is 9.18. The largest absolute Gasteiger partial charge is 0.437 e. The van der Waals surface area contributed by atoms with Crippen LogP contribution in [-0.4, -0.2) is 24.5 Å². The summed E-state index contributed by atoms with van der Waals surface area (Å²) in [7, 11) is -0.752. The molecular formula is C9H17N2O3P. The highest BCUT2D eigenvalue weighted by Crippen LogP contribution is 2.51. The Bertz CT molecular complexity index is 298. The van der Waals surface area contributed by atoms with Gasteiger partial charge in [0.15, 0.2) is 0 Å². The average molecular weight is 232 g/mol. The molecule has 5 nitrogen and oxygen atoms in total. The molecule has 1 fully saturated rings. The molecule has 86 valence electrons. The van der Waals surface area contributed by atoms with Crippen LogP contribution in [0.3, 0.4) is 0 Å². The Morgan fingerprint density at radius 3 is 2.20 bits per heavy atom. The normalized spacial score (nSPS) is 18.5. The summed E-state index contributed by atoms with van der Waals surface area (Å²) in [6, 6.07) is 0. The Labute approximate surface area is 89.9 Å². The van der Waals surface area contributed by atoms with Crippen molar-refractivity contribution in [3.05, 3.63) is 5.53 Å². The monoisotopic (exact) mass is 232 g/mol. The van der Waals surface area contributed by atoms with Gasteiger partial charge in [0.2, 0.25) is 0 Å². The van der Waals surface area contributed by atoms with Gasteiger partial charge in [-0.2, -0.15) is 4.79 Å². The first-order valence-electron chi connectivity index (χ1n) is 5.12. The van der Waals surface area contributed by atoms with Gasteiger partial charge in [0.1, 0.15) is 0 Å². The Kier molecular flexibility index (Phi) is 4.68. The number of hydrogen-bond donors (Lipinski definition) is 0. The van der Waals surface area contributed by atoms with Crippen LogP contribution in [0.5, 0.6) is 0 Å². The Morgan fingerprint density at radius 1 is 1.27 bits per heavy atom. The molecule has 0 unspecified atom stereocenters. The first-order chi connectivity index (χ1) is 7.18. The minimum atomic E-state index is -3.36. The third-order valence-electron chi connectivity index (χ3n) is 2.83. The van der Waals surface area contributed by atoms with Crippen LogP contribution < -0.4 is 0 Å². The van der Waals surface area contributed by atoms with E-state index in [1.54, 1.807) is 0 Å². The van der Waals surface area contributed by atoms with Crippen molar-refractivity contribution in [2.75, 3.05) is 14.2 Å². The molecule has 0 spiro atoms. The molecule has 1 aliphatic carbocycles. The maximum Gasteiger partial charge on any atom is 0.437 e. The molecule has 6 heteroatoms. The highest BCUT2D eigenvalue weighted by atomic mass is 31.2. The molecule has 0 atom stereocenters. The first kappa shape index (κ1) is 12.6.